The molecule has 3 nitrogen and oxygen atoms in total. The summed E-state index contributed by atoms with van der Waals surface area (Å²) >= 11 is 5.47. The Kier molecular flexibility index (Phi) is 3.27. The summed E-state index contributed by atoms with van der Waals surface area (Å²) in [7, 11) is 0. The zero-order chi connectivity index (χ0) is 13.3. The highest BCUT2D eigenvalue weighted by Gasteiger charge is 2.31. The number of aromatic amines is 1. The van der Waals surface area contributed by atoms with Crippen LogP contribution in [-0.4, -0.2) is 14.8 Å². The van der Waals surface area contributed by atoms with Gasteiger partial charge >= 0.3 is 0 Å². The van der Waals surface area contributed by atoms with E-state index in [1.165, 1.54) is 32.1 Å². The first-order chi connectivity index (χ1) is 9.21. The number of H-pyrrole nitrogens is 1. The standard InChI is InChI=1S/C15H19N3S/c1-15(10-6-3-7-11-15)18-13(16-17-14(18)19)12-8-4-2-5-9-12/h2,4-5,8-9H,3,6-7,10-11H2,1H3,(H,17,19). The zero-order valence-corrected chi connectivity index (χ0v) is 12.0. The van der Waals surface area contributed by atoms with E-state index in [4.69, 9.17) is 12.2 Å². The second kappa shape index (κ2) is 4.93. The Morgan fingerprint density at radius 3 is 2.53 bits per heavy atom. The number of rotatable bonds is 2. The van der Waals surface area contributed by atoms with Gasteiger partial charge in [0.05, 0.1) is 0 Å². The first kappa shape index (κ1) is 12.6. The molecule has 0 unspecified atom stereocenters. The Morgan fingerprint density at radius 2 is 1.84 bits per heavy atom. The van der Waals surface area contributed by atoms with Gasteiger partial charge in [-0.2, -0.15) is 5.10 Å². The third kappa shape index (κ3) is 2.25. The lowest BCUT2D eigenvalue weighted by Crippen LogP contribution is -2.33. The van der Waals surface area contributed by atoms with Gasteiger partial charge < -0.3 is 0 Å². The van der Waals surface area contributed by atoms with Gasteiger partial charge in [0, 0.05) is 11.1 Å². The highest BCUT2D eigenvalue weighted by molar-refractivity contribution is 7.71. The molecule has 1 heterocycles. The second-order valence-electron chi connectivity index (χ2n) is 5.61. The van der Waals surface area contributed by atoms with Crippen molar-refractivity contribution >= 4 is 12.2 Å². The summed E-state index contributed by atoms with van der Waals surface area (Å²) in [6, 6.07) is 10.3. The summed E-state index contributed by atoms with van der Waals surface area (Å²) < 4.78 is 2.97. The largest absolute Gasteiger partial charge is 0.294 e. The molecule has 0 radical (unpaired) electrons. The smallest absolute Gasteiger partial charge is 0.195 e. The molecule has 1 N–H and O–H groups in total. The monoisotopic (exact) mass is 273 g/mol. The van der Waals surface area contributed by atoms with Crippen LogP contribution in [-0.2, 0) is 5.54 Å². The van der Waals surface area contributed by atoms with Gasteiger partial charge in [-0.15, -0.1) is 0 Å². The van der Waals surface area contributed by atoms with Gasteiger partial charge in [-0.05, 0) is 32.0 Å². The molecule has 0 bridgehead atoms. The average Bonchev–Trinajstić information content (AvgIpc) is 2.83. The van der Waals surface area contributed by atoms with E-state index in [0.29, 0.717) is 0 Å². The van der Waals surface area contributed by atoms with E-state index in [9.17, 15) is 0 Å². The molecular weight excluding hydrogens is 254 g/mol. The number of benzene rings is 1. The summed E-state index contributed by atoms with van der Waals surface area (Å²) in [5.41, 5.74) is 1.23. The molecule has 1 saturated carbocycles. The normalized spacial score (nSPS) is 18.4. The molecule has 2 aromatic rings. The van der Waals surface area contributed by atoms with Gasteiger partial charge in [0.2, 0.25) is 0 Å². The van der Waals surface area contributed by atoms with Crippen molar-refractivity contribution < 1.29 is 0 Å². The van der Waals surface area contributed by atoms with Crippen LogP contribution in [0.4, 0.5) is 0 Å². The second-order valence-corrected chi connectivity index (χ2v) is 6.00. The van der Waals surface area contributed by atoms with Crippen LogP contribution < -0.4 is 0 Å². The molecule has 100 valence electrons. The minimum Gasteiger partial charge on any atom is -0.294 e. The lowest BCUT2D eigenvalue weighted by molar-refractivity contribution is 0.218. The Balaban J connectivity index is 2.11. The highest BCUT2D eigenvalue weighted by atomic mass is 32.1. The third-order valence-electron chi connectivity index (χ3n) is 4.17. The maximum atomic E-state index is 5.47. The number of hydrogen-bond donors (Lipinski definition) is 1. The average molecular weight is 273 g/mol. The molecule has 0 atom stereocenters. The first-order valence-corrected chi connectivity index (χ1v) is 7.35. The third-order valence-corrected chi connectivity index (χ3v) is 4.45. The number of nitrogens with zero attached hydrogens (tertiary/aromatic N) is 2. The van der Waals surface area contributed by atoms with Crippen molar-refractivity contribution in [1.29, 1.82) is 0 Å². The van der Waals surface area contributed by atoms with Crippen molar-refractivity contribution in [3.63, 3.8) is 0 Å². The Labute approximate surface area is 118 Å². The molecule has 0 amide bonds. The van der Waals surface area contributed by atoms with Crippen molar-refractivity contribution in [2.24, 2.45) is 0 Å². The van der Waals surface area contributed by atoms with E-state index in [2.05, 4.69) is 33.8 Å². The van der Waals surface area contributed by atoms with Crippen LogP contribution in [0.15, 0.2) is 30.3 Å². The van der Waals surface area contributed by atoms with Crippen LogP contribution in [0.2, 0.25) is 0 Å². The molecule has 1 aliphatic carbocycles. The molecule has 4 heteroatoms. The predicted octanol–water partition coefficient (Wildman–Crippen LogP) is 4.29. The van der Waals surface area contributed by atoms with E-state index in [1.807, 2.05) is 18.2 Å². The quantitative estimate of drug-likeness (QED) is 0.828. The molecule has 19 heavy (non-hydrogen) atoms. The van der Waals surface area contributed by atoms with Crippen LogP contribution in [0, 0.1) is 4.77 Å². The Hall–Kier alpha value is -1.42. The van der Waals surface area contributed by atoms with Crippen molar-refractivity contribution in [3.8, 4) is 11.4 Å². The number of hydrogen-bond acceptors (Lipinski definition) is 2. The van der Waals surface area contributed by atoms with Crippen molar-refractivity contribution in [3.05, 3.63) is 35.1 Å². The molecule has 0 saturated heterocycles. The molecular formula is C15H19N3S. The summed E-state index contributed by atoms with van der Waals surface area (Å²) in [5.74, 6) is 0.968. The van der Waals surface area contributed by atoms with Gasteiger partial charge in [0.15, 0.2) is 10.6 Å². The van der Waals surface area contributed by atoms with E-state index in [1.54, 1.807) is 0 Å². The van der Waals surface area contributed by atoms with Crippen LogP contribution in [0.25, 0.3) is 11.4 Å². The Bertz CT molecular complexity index is 606. The maximum absolute atomic E-state index is 5.47. The number of nitrogens with one attached hydrogen (secondary N) is 1. The molecule has 3 rings (SSSR count). The summed E-state index contributed by atoms with van der Waals surface area (Å²) in [6.07, 6.45) is 6.25. The number of aromatic nitrogens is 3. The SMILES string of the molecule is CC1(n2c(-c3ccccc3)n[nH]c2=S)CCCCC1. The van der Waals surface area contributed by atoms with Crippen LogP contribution >= 0.6 is 12.2 Å². The molecule has 0 spiro atoms. The fourth-order valence-electron chi connectivity index (χ4n) is 3.12. The van der Waals surface area contributed by atoms with Gasteiger partial charge in [0.1, 0.15) is 0 Å². The lowest BCUT2D eigenvalue weighted by Gasteiger charge is -2.35. The molecule has 1 aromatic heterocycles. The van der Waals surface area contributed by atoms with Crippen LogP contribution in [0.1, 0.15) is 39.0 Å². The van der Waals surface area contributed by atoms with Crippen LogP contribution in [0.5, 0.6) is 0 Å². The maximum Gasteiger partial charge on any atom is 0.195 e. The molecule has 0 aliphatic heterocycles. The lowest BCUT2D eigenvalue weighted by atomic mass is 9.83. The van der Waals surface area contributed by atoms with Crippen molar-refractivity contribution in [2.45, 2.75) is 44.6 Å². The van der Waals surface area contributed by atoms with E-state index >= 15 is 0 Å². The minimum absolute atomic E-state index is 0.105. The Morgan fingerprint density at radius 1 is 1.16 bits per heavy atom. The molecule has 1 aromatic carbocycles. The van der Waals surface area contributed by atoms with Crippen molar-refractivity contribution in [1.82, 2.24) is 14.8 Å². The van der Waals surface area contributed by atoms with E-state index < -0.39 is 0 Å². The first-order valence-electron chi connectivity index (χ1n) is 6.94. The summed E-state index contributed by atoms with van der Waals surface area (Å²) in [5, 5.41) is 7.43. The van der Waals surface area contributed by atoms with E-state index in [-0.39, 0.29) is 5.54 Å². The minimum atomic E-state index is 0.105. The van der Waals surface area contributed by atoms with Gasteiger partial charge in [-0.25, -0.2) is 0 Å². The van der Waals surface area contributed by atoms with Crippen LogP contribution in [0.3, 0.4) is 0 Å². The summed E-state index contributed by atoms with van der Waals surface area (Å²) in [4.78, 5) is 0. The zero-order valence-electron chi connectivity index (χ0n) is 11.2. The topological polar surface area (TPSA) is 33.6 Å². The van der Waals surface area contributed by atoms with E-state index in [0.717, 1.165) is 16.2 Å². The van der Waals surface area contributed by atoms with Crippen molar-refractivity contribution in [2.75, 3.05) is 0 Å². The molecule has 1 fully saturated rings. The van der Waals surface area contributed by atoms with Gasteiger partial charge in [-0.3, -0.25) is 9.67 Å². The fourth-order valence-corrected chi connectivity index (χ4v) is 3.47. The molecule has 1 aliphatic rings. The fraction of sp³-hybridized carbons (Fsp3) is 0.467. The van der Waals surface area contributed by atoms with Gasteiger partial charge in [0.25, 0.3) is 0 Å². The summed E-state index contributed by atoms with van der Waals surface area (Å²) in [6.45, 7) is 2.31. The highest BCUT2D eigenvalue weighted by Crippen LogP contribution is 2.37. The predicted molar refractivity (Wildman–Crippen MR) is 79.6 cm³/mol. The van der Waals surface area contributed by atoms with Gasteiger partial charge in [-0.1, -0.05) is 49.6 Å².